The van der Waals surface area contributed by atoms with Crippen LogP contribution in [0.3, 0.4) is 0 Å². The van der Waals surface area contributed by atoms with Crippen molar-refractivity contribution >= 4 is 11.9 Å². The second kappa shape index (κ2) is 6.91. The van der Waals surface area contributed by atoms with E-state index in [1.165, 1.54) is 6.33 Å². The number of nitrogens with zero attached hydrogens (tertiary/aromatic N) is 5. The Hall–Kier alpha value is -3.29. The Bertz CT molecular complexity index is 907. The van der Waals surface area contributed by atoms with Crippen LogP contribution in [-0.4, -0.2) is 37.7 Å². The number of hydrogen-bond donors (Lipinski definition) is 1. The Kier molecular flexibility index (Phi) is 4.30. The molecular formula is C18H18N6O2. The lowest BCUT2D eigenvalue weighted by molar-refractivity contribution is 0.102. The minimum Gasteiger partial charge on any atom is -0.497 e. The lowest BCUT2D eigenvalue weighted by Gasteiger charge is -2.21. The van der Waals surface area contributed by atoms with Crippen LogP contribution in [0.25, 0.3) is 0 Å². The summed E-state index contributed by atoms with van der Waals surface area (Å²) < 4.78 is 6.95. The highest BCUT2D eigenvalue weighted by Crippen LogP contribution is 2.28. The summed E-state index contributed by atoms with van der Waals surface area (Å²) in [6, 6.07) is 6.89. The molecule has 4 rings (SSSR count). The van der Waals surface area contributed by atoms with Gasteiger partial charge in [0.25, 0.3) is 5.91 Å². The van der Waals surface area contributed by atoms with Crippen LogP contribution in [0.2, 0.25) is 0 Å². The lowest BCUT2D eigenvalue weighted by atomic mass is 9.92. The predicted molar refractivity (Wildman–Crippen MR) is 94.1 cm³/mol. The van der Waals surface area contributed by atoms with Crippen molar-refractivity contribution in [2.45, 2.75) is 25.3 Å². The number of amides is 1. The zero-order valence-electron chi connectivity index (χ0n) is 14.3. The zero-order valence-corrected chi connectivity index (χ0v) is 14.3. The molecule has 0 saturated carbocycles. The van der Waals surface area contributed by atoms with Gasteiger partial charge in [0.2, 0.25) is 5.95 Å². The molecule has 0 bridgehead atoms. The molecule has 1 unspecified atom stereocenters. The van der Waals surface area contributed by atoms with Gasteiger partial charge in [0.15, 0.2) is 0 Å². The van der Waals surface area contributed by atoms with Gasteiger partial charge in [-0.05, 0) is 42.2 Å². The molecule has 3 aromatic rings. The van der Waals surface area contributed by atoms with Crippen LogP contribution in [0.15, 0.2) is 43.0 Å². The van der Waals surface area contributed by atoms with Gasteiger partial charge < -0.3 is 4.74 Å². The number of nitrogens with one attached hydrogen (secondary N) is 1. The van der Waals surface area contributed by atoms with E-state index in [1.54, 1.807) is 31.4 Å². The highest BCUT2D eigenvalue weighted by atomic mass is 16.5. The van der Waals surface area contributed by atoms with Crippen molar-refractivity contribution in [2.24, 2.45) is 0 Å². The van der Waals surface area contributed by atoms with E-state index in [9.17, 15) is 4.79 Å². The molecule has 8 nitrogen and oxygen atoms in total. The Morgan fingerprint density at radius 2 is 2.00 bits per heavy atom. The molecule has 1 atom stereocenters. The van der Waals surface area contributed by atoms with Crippen molar-refractivity contribution in [3.8, 4) is 5.75 Å². The molecular weight excluding hydrogens is 332 g/mol. The highest BCUT2D eigenvalue weighted by molar-refractivity contribution is 6.03. The third-order valence-corrected chi connectivity index (χ3v) is 4.50. The van der Waals surface area contributed by atoms with Crippen LogP contribution < -0.4 is 10.1 Å². The first-order chi connectivity index (χ1) is 12.7. The molecule has 132 valence electrons. The maximum atomic E-state index is 12.4. The Morgan fingerprint density at radius 3 is 2.73 bits per heavy atom. The summed E-state index contributed by atoms with van der Waals surface area (Å²) in [5.41, 5.74) is 1.63. The number of ether oxygens (including phenoxy) is 1. The van der Waals surface area contributed by atoms with Crippen LogP contribution in [0, 0.1) is 0 Å². The molecule has 1 amide bonds. The number of methoxy groups -OCH3 is 1. The molecule has 1 aromatic carbocycles. The van der Waals surface area contributed by atoms with Gasteiger partial charge in [-0.2, -0.15) is 4.98 Å². The Morgan fingerprint density at radius 1 is 1.23 bits per heavy atom. The monoisotopic (exact) mass is 350 g/mol. The van der Waals surface area contributed by atoms with E-state index in [0.717, 1.165) is 30.8 Å². The van der Waals surface area contributed by atoms with Crippen LogP contribution in [0.4, 0.5) is 5.95 Å². The van der Waals surface area contributed by atoms with E-state index in [-0.39, 0.29) is 5.91 Å². The molecule has 1 aliphatic rings. The molecule has 8 heteroatoms. The molecule has 0 saturated heterocycles. The standard InChI is InChI=1S/C18H18N6O2/c1-26-15-4-2-12(3-5-15)17(25)22-18-21-16-8-13(6-7-24(16)23-18)14-9-19-11-20-10-14/h2-5,9-11,13H,6-8H2,1H3,(H,22,23,25). The molecule has 0 fully saturated rings. The summed E-state index contributed by atoms with van der Waals surface area (Å²) in [7, 11) is 1.59. The van der Waals surface area contributed by atoms with Gasteiger partial charge in [0.05, 0.1) is 7.11 Å². The second-order valence-electron chi connectivity index (χ2n) is 6.12. The van der Waals surface area contributed by atoms with Crippen molar-refractivity contribution in [3.05, 3.63) is 59.9 Å². The predicted octanol–water partition coefficient (Wildman–Crippen LogP) is 2.06. The Labute approximate surface area is 150 Å². The molecule has 2 aromatic heterocycles. The summed E-state index contributed by atoms with van der Waals surface area (Å²) in [6.45, 7) is 0.750. The van der Waals surface area contributed by atoms with Gasteiger partial charge in [-0.1, -0.05) is 0 Å². The molecule has 0 aliphatic carbocycles. The topological polar surface area (TPSA) is 94.8 Å². The number of carbonyl (C=O) groups is 1. The number of aryl methyl sites for hydroxylation is 1. The first-order valence-corrected chi connectivity index (χ1v) is 8.37. The number of anilines is 1. The van der Waals surface area contributed by atoms with Crippen LogP contribution in [0.1, 0.15) is 34.1 Å². The van der Waals surface area contributed by atoms with Crippen LogP contribution in [-0.2, 0) is 13.0 Å². The number of benzene rings is 1. The molecule has 0 radical (unpaired) electrons. The van der Waals surface area contributed by atoms with Gasteiger partial charge in [-0.3, -0.25) is 10.1 Å². The van der Waals surface area contributed by atoms with Gasteiger partial charge in [-0.25, -0.2) is 14.6 Å². The summed E-state index contributed by atoms with van der Waals surface area (Å²) in [6.07, 6.45) is 6.90. The minimum atomic E-state index is -0.247. The van der Waals surface area contributed by atoms with E-state index in [4.69, 9.17) is 4.74 Å². The fourth-order valence-electron chi connectivity index (χ4n) is 3.08. The summed E-state index contributed by atoms with van der Waals surface area (Å²) in [4.78, 5) is 25.0. The largest absolute Gasteiger partial charge is 0.497 e. The van der Waals surface area contributed by atoms with Crippen molar-refractivity contribution in [3.63, 3.8) is 0 Å². The number of rotatable bonds is 4. The van der Waals surface area contributed by atoms with Gasteiger partial charge in [0.1, 0.15) is 17.9 Å². The quantitative estimate of drug-likeness (QED) is 0.774. The number of fused-ring (bicyclic) bond motifs is 1. The highest BCUT2D eigenvalue weighted by Gasteiger charge is 2.24. The molecule has 0 spiro atoms. The van der Waals surface area contributed by atoms with Crippen LogP contribution >= 0.6 is 0 Å². The van der Waals surface area contributed by atoms with E-state index in [2.05, 4.69) is 25.4 Å². The van der Waals surface area contributed by atoms with Crippen molar-refractivity contribution in [2.75, 3.05) is 12.4 Å². The zero-order chi connectivity index (χ0) is 17.9. The summed E-state index contributed by atoms with van der Waals surface area (Å²) in [5.74, 6) is 1.95. The van der Waals surface area contributed by atoms with Gasteiger partial charge >= 0.3 is 0 Å². The first-order valence-electron chi connectivity index (χ1n) is 8.37. The van der Waals surface area contributed by atoms with Gasteiger partial charge in [0, 0.05) is 30.9 Å². The number of aromatic nitrogens is 5. The van der Waals surface area contributed by atoms with Crippen molar-refractivity contribution < 1.29 is 9.53 Å². The summed E-state index contributed by atoms with van der Waals surface area (Å²) >= 11 is 0. The van der Waals surface area contributed by atoms with Gasteiger partial charge in [-0.15, -0.1) is 5.10 Å². The molecule has 1 aliphatic heterocycles. The lowest BCUT2D eigenvalue weighted by Crippen LogP contribution is -2.19. The molecule has 26 heavy (non-hydrogen) atoms. The van der Waals surface area contributed by atoms with E-state index >= 15 is 0 Å². The third-order valence-electron chi connectivity index (χ3n) is 4.50. The SMILES string of the molecule is COc1ccc(C(=O)Nc2nc3n(n2)CCC(c2cncnc2)C3)cc1. The second-order valence-corrected chi connectivity index (χ2v) is 6.12. The van der Waals surface area contributed by atoms with E-state index in [0.29, 0.717) is 23.2 Å². The number of carbonyl (C=O) groups excluding carboxylic acids is 1. The fourth-order valence-corrected chi connectivity index (χ4v) is 3.08. The van der Waals surface area contributed by atoms with Crippen LogP contribution in [0.5, 0.6) is 5.75 Å². The Balaban J connectivity index is 1.46. The normalized spacial score (nSPS) is 16.0. The minimum absolute atomic E-state index is 0.247. The average molecular weight is 350 g/mol. The van der Waals surface area contributed by atoms with Crippen molar-refractivity contribution in [1.29, 1.82) is 0 Å². The van der Waals surface area contributed by atoms with Crippen molar-refractivity contribution in [1.82, 2.24) is 24.7 Å². The van der Waals surface area contributed by atoms with E-state index < -0.39 is 0 Å². The maximum Gasteiger partial charge on any atom is 0.258 e. The third kappa shape index (κ3) is 3.26. The molecule has 1 N–H and O–H groups in total. The van der Waals surface area contributed by atoms with E-state index in [1.807, 2.05) is 17.1 Å². The average Bonchev–Trinajstić information content (AvgIpc) is 3.10. The fraction of sp³-hybridized carbons (Fsp3) is 0.278. The maximum absolute atomic E-state index is 12.4. The number of hydrogen-bond acceptors (Lipinski definition) is 6. The summed E-state index contributed by atoms with van der Waals surface area (Å²) in [5, 5.41) is 7.16. The first kappa shape index (κ1) is 16.2. The smallest absolute Gasteiger partial charge is 0.258 e. The molecule has 3 heterocycles.